The summed E-state index contributed by atoms with van der Waals surface area (Å²) < 4.78 is 2.34. The van der Waals surface area contributed by atoms with E-state index in [1.54, 1.807) is 12.7 Å². The highest BCUT2D eigenvalue weighted by molar-refractivity contribution is 14.0. The molecule has 1 aromatic heterocycles. The summed E-state index contributed by atoms with van der Waals surface area (Å²) in [4.78, 5) is 4.76. The average molecular weight is 452 g/mol. The van der Waals surface area contributed by atoms with E-state index in [1.165, 1.54) is 18.6 Å². The molecule has 0 aromatic carbocycles. The van der Waals surface area contributed by atoms with Crippen LogP contribution in [-0.2, 0) is 6.54 Å². The van der Waals surface area contributed by atoms with Crippen LogP contribution in [-0.4, -0.2) is 50.9 Å². The molecule has 0 amide bonds. The largest absolute Gasteiger partial charge is 0.357 e. The van der Waals surface area contributed by atoms with Crippen molar-refractivity contribution in [1.82, 2.24) is 25.4 Å². The van der Waals surface area contributed by atoms with Gasteiger partial charge in [0.05, 0.1) is 6.54 Å². The lowest BCUT2D eigenvalue weighted by Gasteiger charge is -2.21. The Morgan fingerprint density at radius 2 is 2.09 bits per heavy atom. The predicted octanol–water partition coefficient (Wildman–Crippen LogP) is 2.52. The van der Waals surface area contributed by atoms with Gasteiger partial charge in [0, 0.05) is 24.4 Å². The first-order valence-electron chi connectivity index (χ1n) is 8.20. The third-order valence-electron chi connectivity index (χ3n) is 3.82. The lowest BCUT2D eigenvalue weighted by Crippen LogP contribution is -2.39. The summed E-state index contributed by atoms with van der Waals surface area (Å²) in [5, 5.41) is 14.4. The van der Waals surface area contributed by atoms with E-state index in [1.807, 2.05) is 4.57 Å². The zero-order valence-corrected chi connectivity index (χ0v) is 17.3. The van der Waals surface area contributed by atoms with E-state index >= 15 is 0 Å². The van der Waals surface area contributed by atoms with Crippen molar-refractivity contribution in [3.05, 3.63) is 12.7 Å². The van der Waals surface area contributed by atoms with Crippen LogP contribution in [0.15, 0.2) is 17.6 Å². The van der Waals surface area contributed by atoms with Crippen LogP contribution in [0.3, 0.4) is 0 Å². The second kappa shape index (κ2) is 11.1. The molecule has 0 aliphatic carbocycles. The summed E-state index contributed by atoms with van der Waals surface area (Å²) >= 11 is 2.06. The summed E-state index contributed by atoms with van der Waals surface area (Å²) in [7, 11) is 0. The van der Waals surface area contributed by atoms with Crippen molar-refractivity contribution in [2.75, 3.05) is 25.4 Å². The number of aryl methyl sites for hydroxylation is 1. The summed E-state index contributed by atoms with van der Waals surface area (Å²) in [5.74, 6) is 2.22. The molecule has 1 aliphatic heterocycles. The molecule has 2 heterocycles. The van der Waals surface area contributed by atoms with Gasteiger partial charge in [0.15, 0.2) is 5.96 Å². The first-order valence-corrected chi connectivity index (χ1v) is 9.19. The monoisotopic (exact) mass is 452 g/mol. The number of aliphatic imine (C=N–C) groups is 1. The maximum atomic E-state index is 4.76. The normalized spacial score (nSPS) is 21.0. The topological polar surface area (TPSA) is 67.1 Å². The van der Waals surface area contributed by atoms with E-state index in [0.29, 0.717) is 4.75 Å². The van der Waals surface area contributed by atoms with Crippen LogP contribution in [0.2, 0.25) is 0 Å². The number of thioether (sulfide) groups is 1. The minimum atomic E-state index is 0. The minimum absolute atomic E-state index is 0. The van der Waals surface area contributed by atoms with Gasteiger partial charge >= 0.3 is 0 Å². The van der Waals surface area contributed by atoms with Gasteiger partial charge in [-0.25, -0.2) is 0 Å². The fraction of sp³-hybridized carbons (Fsp3) is 0.800. The Kier molecular flexibility index (Phi) is 9.92. The molecule has 0 spiro atoms. The molecule has 8 heteroatoms. The summed E-state index contributed by atoms with van der Waals surface area (Å²) in [5.41, 5.74) is 0. The number of rotatable bonds is 8. The molecule has 1 fully saturated rings. The van der Waals surface area contributed by atoms with Gasteiger partial charge in [-0.05, 0) is 45.3 Å². The molecule has 1 aromatic rings. The molecule has 2 rings (SSSR count). The minimum Gasteiger partial charge on any atom is -0.357 e. The Balaban J connectivity index is 0.00000264. The highest BCUT2D eigenvalue weighted by Crippen LogP contribution is 2.37. The zero-order valence-electron chi connectivity index (χ0n) is 14.1. The van der Waals surface area contributed by atoms with Crippen molar-refractivity contribution < 1.29 is 0 Å². The molecular weight excluding hydrogens is 423 g/mol. The summed E-state index contributed by atoms with van der Waals surface area (Å²) in [6.45, 7) is 8.14. The smallest absolute Gasteiger partial charge is 0.191 e. The molecule has 2 N–H and O–H groups in total. The Morgan fingerprint density at radius 1 is 1.30 bits per heavy atom. The van der Waals surface area contributed by atoms with E-state index < -0.39 is 0 Å². The van der Waals surface area contributed by atoms with Gasteiger partial charge in [-0.1, -0.05) is 0 Å². The van der Waals surface area contributed by atoms with E-state index in [-0.39, 0.29) is 24.0 Å². The molecule has 1 aliphatic rings. The fourth-order valence-electron chi connectivity index (χ4n) is 2.51. The van der Waals surface area contributed by atoms with Gasteiger partial charge in [0.25, 0.3) is 0 Å². The maximum Gasteiger partial charge on any atom is 0.191 e. The number of hydrogen-bond donors (Lipinski definition) is 2. The van der Waals surface area contributed by atoms with Crippen LogP contribution in [0.5, 0.6) is 0 Å². The van der Waals surface area contributed by atoms with Gasteiger partial charge in [0.1, 0.15) is 12.7 Å². The van der Waals surface area contributed by atoms with Crippen LogP contribution in [0.4, 0.5) is 0 Å². The van der Waals surface area contributed by atoms with E-state index in [2.05, 4.69) is 46.4 Å². The quantitative estimate of drug-likeness (QED) is 0.275. The van der Waals surface area contributed by atoms with Crippen LogP contribution < -0.4 is 10.6 Å². The Bertz CT molecular complexity index is 445. The number of hydrogen-bond acceptors (Lipinski definition) is 4. The molecule has 132 valence electrons. The van der Waals surface area contributed by atoms with E-state index in [4.69, 9.17) is 4.99 Å². The lowest BCUT2D eigenvalue weighted by atomic mass is 10.1. The van der Waals surface area contributed by atoms with Gasteiger partial charge in [0.2, 0.25) is 0 Å². The Morgan fingerprint density at radius 3 is 2.74 bits per heavy atom. The highest BCUT2D eigenvalue weighted by Gasteiger charge is 2.29. The van der Waals surface area contributed by atoms with E-state index in [0.717, 1.165) is 45.0 Å². The molecule has 0 radical (unpaired) electrons. The Hall–Kier alpha value is -0.510. The number of nitrogens with zero attached hydrogens (tertiary/aromatic N) is 4. The molecule has 0 bridgehead atoms. The van der Waals surface area contributed by atoms with Crippen LogP contribution in [0.1, 0.15) is 39.5 Å². The lowest BCUT2D eigenvalue weighted by molar-refractivity contribution is 0.593. The molecule has 6 nitrogen and oxygen atoms in total. The number of nitrogens with one attached hydrogen (secondary N) is 2. The van der Waals surface area contributed by atoms with Gasteiger partial charge in [-0.3, -0.25) is 4.99 Å². The number of aromatic nitrogens is 3. The van der Waals surface area contributed by atoms with Crippen LogP contribution in [0, 0.1) is 0 Å². The van der Waals surface area contributed by atoms with Crippen molar-refractivity contribution >= 4 is 41.7 Å². The maximum absolute atomic E-state index is 4.76. The summed E-state index contributed by atoms with van der Waals surface area (Å²) in [6.07, 6.45) is 8.34. The summed E-state index contributed by atoms with van der Waals surface area (Å²) in [6, 6.07) is 0. The standard InChI is InChI=1S/C15H28N6S.HI/c1-3-16-14(18-11-15(2)7-6-10-22-15)17-8-4-5-9-21-12-19-20-13-21;/h12-13H,3-11H2,1-2H3,(H2,16,17,18);1H. The number of guanidine groups is 1. The van der Waals surface area contributed by atoms with Crippen molar-refractivity contribution in [2.24, 2.45) is 4.99 Å². The Labute approximate surface area is 160 Å². The van der Waals surface area contributed by atoms with Crippen molar-refractivity contribution in [2.45, 2.75) is 50.8 Å². The predicted molar refractivity (Wildman–Crippen MR) is 109 cm³/mol. The first kappa shape index (κ1) is 20.5. The third kappa shape index (κ3) is 7.73. The van der Waals surface area contributed by atoms with Crippen LogP contribution in [0.25, 0.3) is 0 Å². The van der Waals surface area contributed by atoms with Gasteiger partial charge < -0.3 is 15.2 Å². The SMILES string of the molecule is CCNC(=NCC1(C)CCCS1)NCCCCn1cnnc1.I. The van der Waals surface area contributed by atoms with Gasteiger partial charge in [-0.2, -0.15) is 11.8 Å². The second-order valence-electron chi connectivity index (χ2n) is 5.93. The highest BCUT2D eigenvalue weighted by atomic mass is 127. The molecule has 23 heavy (non-hydrogen) atoms. The fourth-order valence-corrected chi connectivity index (χ4v) is 3.74. The number of halogens is 1. The molecule has 1 saturated heterocycles. The van der Waals surface area contributed by atoms with Crippen LogP contribution >= 0.6 is 35.7 Å². The van der Waals surface area contributed by atoms with Crippen molar-refractivity contribution in [1.29, 1.82) is 0 Å². The molecule has 1 unspecified atom stereocenters. The van der Waals surface area contributed by atoms with Gasteiger partial charge in [-0.15, -0.1) is 34.2 Å². The number of unbranched alkanes of at least 4 members (excludes halogenated alkanes) is 1. The molecule has 0 saturated carbocycles. The second-order valence-corrected chi connectivity index (χ2v) is 7.61. The zero-order chi connectivity index (χ0) is 15.7. The van der Waals surface area contributed by atoms with Crippen molar-refractivity contribution in [3.63, 3.8) is 0 Å². The van der Waals surface area contributed by atoms with E-state index in [9.17, 15) is 0 Å². The van der Waals surface area contributed by atoms with Crippen molar-refractivity contribution in [3.8, 4) is 0 Å². The third-order valence-corrected chi connectivity index (χ3v) is 5.34. The molecular formula is C15H29IN6S. The average Bonchev–Trinajstić information content (AvgIpc) is 3.16. The first-order chi connectivity index (χ1) is 10.7. The molecule has 1 atom stereocenters.